The first-order valence-corrected chi connectivity index (χ1v) is 6.19. The summed E-state index contributed by atoms with van der Waals surface area (Å²) >= 11 is 0. The fourth-order valence-corrected chi connectivity index (χ4v) is 2.37. The topological polar surface area (TPSA) is 38.5 Å². The number of nitrogens with two attached hydrogens (primary N) is 1. The summed E-state index contributed by atoms with van der Waals surface area (Å²) in [4.78, 5) is 2.42. The molecule has 0 unspecified atom stereocenters. The molecule has 1 saturated carbocycles. The second-order valence-electron chi connectivity index (χ2n) is 5.69. The molecule has 2 aliphatic rings. The van der Waals surface area contributed by atoms with Crippen LogP contribution in [0.3, 0.4) is 0 Å². The van der Waals surface area contributed by atoms with Gasteiger partial charge in [0.25, 0.3) is 0 Å². The van der Waals surface area contributed by atoms with Crippen LogP contribution in [0.25, 0.3) is 0 Å². The molecule has 0 aromatic carbocycles. The maximum absolute atomic E-state index is 6.27. The summed E-state index contributed by atoms with van der Waals surface area (Å²) in [5.41, 5.74) is 6.43. The smallest absolute Gasteiger partial charge is 0.0593 e. The maximum atomic E-state index is 6.27. The van der Waals surface area contributed by atoms with Gasteiger partial charge in [-0.2, -0.15) is 0 Å². The fraction of sp³-hybridized carbons (Fsp3) is 1.00. The average Bonchev–Trinajstić information content (AvgIpc) is 2.91. The predicted molar refractivity (Wildman–Crippen MR) is 61.7 cm³/mol. The molecule has 0 atom stereocenters. The van der Waals surface area contributed by atoms with Crippen molar-refractivity contribution in [1.29, 1.82) is 0 Å². The fourth-order valence-electron chi connectivity index (χ4n) is 2.37. The number of rotatable bonds is 6. The SMILES string of the molecule is CC(C)COCCN1CC(N)(C2CC2)C1. The highest BCUT2D eigenvalue weighted by Gasteiger charge is 2.49. The zero-order valence-electron chi connectivity index (χ0n) is 10.0. The van der Waals surface area contributed by atoms with Gasteiger partial charge in [-0.1, -0.05) is 13.8 Å². The zero-order chi connectivity index (χ0) is 10.9. The number of likely N-dealkylation sites (tertiary alicyclic amines) is 1. The lowest BCUT2D eigenvalue weighted by Gasteiger charge is -2.48. The van der Waals surface area contributed by atoms with Crippen LogP contribution in [-0.4, -0.2) is 43.3 Å². The van der Waals surface area contributed by atoms with E-state index in [1.807, 2.05) is 0 Å². The van der Waals surface area contributed by atoms with E-state index in [1.165, 1.54) is 12.8 Å². The normalized spacial score (nSPS) is 25.6. The van der Waals surface area contributed by atoms with E-state index in [1.54, 1.807) is 0 Å². The maximum Gasteiger partial charge on any atom is 0.0593 e. The molecule has 0 spiro atoms. The molecular weight excluding hydrogens is 188 g/mol. The largest absolute Gasteiger partial charge is 0.380 e. The number of hydrogen-bond acceptors (Lipinski definition) is 3. The van der Waals surface area contributed by atoms with E-state index in [9.17, 15) is 0 Å². The average molecular weight is 212 g/mol. The van der Waals surface area contributed by atoms with Crippen molar-refractivity contribution in [3.8, 4) is 0 Å². The van der Waals surface area contributed by atoms with Crippen molar-refractivity contribution in [2.45, 2.75) is 32.2 Å². The van der Waals surface area contributed by atoms with E-state index in [2.05, 4.69) is 18.7 Å². The second-order valence-corrected chi connectivity index (χ2v) is 5.69. The molecule has 2 fully saturated rings. The number of ether oxygens (including phenoxy) is 1. The van der Waals surface area contributed by atoms with Crippen molar-refractivity contribution >= 4 is 0 Å². The van der Waals surface area contributed by atoms with E-state index in [-0.39, 0.29) is 5.54 Å². The Bertz CT molecular complexity index is 208. The number of hydrogen-bond donors (Lipinski definition) is 1. The van der Waals surface area contributed by atoms with Gasteiger partial charge in [0.05, 0.1) is 6.61 Å². The molecule has 2 N–H and O–H groups in total. The van der Waals surface area contributed by atoms with E-state index >= 15 is 0 Å². The molecule has 88 valence electrons. The highest BCUT2D eigenvalue weighted by atomic mass is 16.5. The summed E-state index contributed by atoms with van der Waals surface area (Å²) in [5, 5.41) is 0. The molecule has 15 heavy (non-hydrogen) atoms. The molecule has 0 aromatic heterocycles. The van der Waals surface area contributed by atoms with Gasteiger partial charge in [-0.05, 0) is 24.7 Å². The summed E-state index contributed by atoms with van der Waals surface area (Å²) in [6.45, 7) is 9.33. The van der Waals surface area contributed by atoms with Crippen LogP contribution in [-0.2, 0) is 4.74 Å². The van der Waals surface area contributed by atoms with Crippen molar-refractivity contribution in [3.05, 3.63) is 0 Å². The van der Waals surface area contributed by atoms with Gasteiger partial charge < -0.3 is 10.5 Å². The van der Waals surface area contributed by atoms with Crippen LogP contribution < -0.4 is 5.73 Å². The molecule has 0 aromatic rings. The predicted octanol–water partition coefficient (Wildman–Crippen LogP) is 1.08. The monoisotopic (exact) mass is 212 g/mol. The first kappa shape index (κ1) is 11.4. The Labute approximate surface area is 93.0 Å². The van der Waals surface area contributed by atoms with Crippen LogP contribution in [0.15, 0.2) is 0 Å². The molecule has 2 rings (SSSR count). The molecular formula is C12H24N2O. The first-order valence-electron chi connectivity index (χ1n) is 6.19. The Morgan fingerprint density at radius 3 is 2.60 bits per heavy atom. The summed E-state index contributed by atoms with van der Waals surface area (Å²) < 4.78 is 5.56. The minimum Gasteiger partial charge on any atom is -0.380 e. The Hall–Kier alpha value is -0.120. The van der Waals surface area contributed by atoms with Crippen molar-refractivity contribution in [2.75, 3.05) is 32.8 Å². The van der Waals surface area contributed by atoms with Gasteiger partial charge in [0.1, 0.15) is 0 Å². The lowest BCUT2D eigenvalue weighted by atomic mass is 9.86. The van der Waals surface area contributed by atoms with Crippen LogP contribution in [0.4, 0.5) is 0 Å². The van der Waals surface area contributed by atoms with E-state index in [4.69, 9.17) is 10.5 Å². The molecule has 3 nitrogen and oxygen atoms in total. The Kier molecular flexibility index (Phi) is 3.33. The third-order valence-electron chi connectivity index (χ3n) is 3.43. The van der Waals surface area contributed by atoms with E-state index in [0.29, 0.717) is 5.92 Å². The third-order valence-corrected chi connectivity index (χ3v) is 3.43. The van der Waals surface area contributed by atoms with E-state index < -0.39 is 0 Å². The zero-order valence-corrected chi connectivity index (χ0v) is 10.0. The van der Waals surface area contributed by atoms with Gasteiger partial charge >= 0.3 is 0 Å². The van der Waals surface area contributed by atoms with Crippen LogP contribution in [0.2, 0.25) is 0 Å². The molecule has 1 saturated heterocycles. The number of nitrogens with zero attached hydrogens (tertiary/aromatic N) is 1. The van der Waals surface area contributed by atoms with Crippen molar-refractivity contribution in [1.82, 2.24) is 4.90 Å². The molecule has 3 heteroatoms. The molecule has 1 heterocycles. The standard InChI is InChI=1S/C12H24N2O/c1-10(2)7-15-6-5-14-8-12(13,9-14)11-3-4-11/h10-11H,3-9,13H2,1-2H3. The summed E-state index contributed by atoms with van der Waals surface area (Å²) in [7, 11) is 0. The van der Waals surface area contributed by atoms with Crippen LogP contribution in [0.1, 0.15) is 26.7 Å². The Morgan fingerprint density at radius 1 is 1.40 bits per heavy atom. The molecule has 1 aliphatic heterocycles. The lowest BCUT2D eigenvalue weighted by Crippen LogP contribution is -2.68. The van der Waals surface area contributed by atoms with E-state index in [0.717, 1.165) is 38.8 Å². The van der Waals surface area contributed by atoms with Crippen LogP contribution >= 0.6 is 0 Å². The summed E-state index contributed by atoms with van der Waals surface area (Å²) in [6.07, 6.45) is 2.71. The third kappa shape index (κ3) is 2.92. The highest BCUT2D eigenvalue weighted by molar-refractivity contribution is 5.08. The quantitative estimate of drug-likeness (QED) is 0.670. The van der Waals surface area contributed by atoms with Crippen LogP contribution in [0.5, 0.6) is 0 Å². The van der Waals surface area contributed by atoms with Gasteiger partial charge in [-0.25, -0.2) is 0 Å². The van der Waals surface area contributed by atoms with Crippen molar-refractivity contribution in [2.24, 2.45) is 17.6 Å². The highest BCUT2D eigenvalue weighted by Crippen LogP contribution is 2.42. The van der Waals surface area contributed by atoms with Gasteiger partial charge in [-0.15, -0.1) is 0 Å². The summed E-state index contributed by atoms with van der Waals surface area (Å²) in [5.74, 6) is 1.46. The minimum absolute atomic E-state index is 0.165. The minimum atomic E-state index is 0.165. The Balaban J connectivity index is 1.52. The van der Waals surface area contributed by atoms with Crippen molar-refractivity contribution < 1.29 is 4.74 Å². The van der Waals surface area contributed by atoms with Gasteiger partial charge in [0.15, 0.2) is 0 Å². The summed E-state index contributed by atoms with van der Waals surface area (Å²) in [6, 6.07) is 0. The molecule has 0 amide bonds. The molecule has 1 aliphatic carbocycles. The second kappa shape index (κ2) is 4.40. The van der Waals surface area contributed by atoms with Crippen molar-refractivity contribution in [3.63, 3.8) is 0 Å². The van der Waals surface area contributed by atoms with Gasteiger partial charge in [0.2, 0.25) is 0 Å². The van der Waals surface area contributed by atoms with Gasteiger partial charge in [0, 0.05) is 31.8 Å². The lowest BCUT2D eigenvalue weighted by molar-refractivity contribution is 0.0171. The van der Waals surface area contributed by atoms with Gasteiger partial charge in [-0.3, -0.25) is 4.90 Å². The molecule has 0 radical (unpaired) electrons. The Morgan fingerprint density at radius 2 is 2.07 bits per heavy atom. The first-order chi connectivity index (χ1) is 7.10. The van der Waals surface area contributed by atoms with Crippen LogP contribution in [0, 0.1) is 11.8 Å². The molecule has 0 bridgehead atoms.